The molecule has 2 amide bonds. The van der Waals surface area contributed by atoms with Gasteiger partial charge in [-0.25, -0.2) is 4.98 Å². The minimum atomic E-state index is -0.596. The second kappa shape index (κ2) is 9.36. The normalized spacial score (nSPS) is 22.5. The molecule has 10 heteroatoms. The second-order valence-corrected chi connectivity index (χ2v) is 10.6. The number of nitrogens with zero attached hydrogens (tertiary/aromatic N) is 5. The SMILES string of the molecule is C=CC(=O)N1CCN2C(=O)c3c(N4CC(O)CC4(C)C)nc(-c4ccccc4C#N)c(Cl)c3OCC2C1. The smallest absolute Gasteiger partial charge is 0.261 e. The van der Waals surface area contributed by atoms with E-state index in [4.69, 9.17) is 21.3 Å². The topological polar surface area (TPSA) is 110 Å². The molecule has 2 unspecified atom stereocenters. The Hall–Kier alpha value is -3.61. The van der Waals surface area contributed by atoms with Crippen molar-refractivity contribution in [2.45, 2.75) is 38.0 Å². The number of aliphatic hydroxyl groups excluding tert-OH is 1. The van der Waals surface area contributed by atoms with Gasteiger partial charge in [0, 0.05) is 37.3 Å². The van der Waals surface area contributed by atoms with Crippen LogP contribution in [0.1, 0.15) is 36.2 Å². The average molecular weight is 522 g/mol. The molecule has 0 aliphatic carbocycles. The Labute approximate surface area is 220 Å². The molecule has 0 saturated carbocycles. The zero-order valence-electron chi connectivity index (χ0n) is 20.8. The molecule has 192 valence electrons. The minimum absolute atomic E-state index is 0.133. The first-order valence-corrected chi connectivity index (χ1v) is 12.6. The molecule has 3 aliphatic heterocycles. The van der Waals surface area contributed by atoms with Gasteiger partial charge in [-0.15, -0.1) is 0 Å². The minimum Gasteiger partial charge on any atom is -0.489 e. The van der Waals surface area contributed by atoms with Crippen molar-refractivity contribution in [1.82, 2.24) is 14.8 Å². The van der Waals surface area contributed by atoms with Crippen LogP contribution in [0.2, 0.25) is 5.02 Å². The van der Waals surface area contributed by atoms with Crippen LogP contribution < -0.4 is 9.64 Å². The predicted octanol–water partition coefficient (Wildman–Crippen LogP) is 2.85. The summed E-state index contributed by atoms with van der Waals surface area (Å²) in [5.74, 6) is 0.0777. The summed E-state index contributed by atoms with van der Waals surface area (Å²) < 4.78 is 6.24. The van der Waals surface area contributed by atoms with Crippen molar-refractivity contribution >= 4 is 29.2 Å². The van der Waals surface area contributed by atoms with E-state index in [2.05, 4.69) is 12.6 Å². The lowest BCUT2D eigenvalue weighted by atomic mass is 9.99. The van der Waals surface area contributed by atoms with Gasteiger partial charge >= 0.3 is 0 Å². The molecule has 1 aromatic carbocycles. The number of carbonyl (C=O) groups is 2. The zero-order valence-corrected chi connectivity index (χ0v) is 21.5. The number of amides is 2. The third kappa shape index (κ3) is 4.20. The number of carbonyl (C=O) groups excluding carboxylic acids is 2. The highest BCUT2D eigenvalue weighted by atomic mass is 35.5. The summed E-state index contributed by atoms with van der Waals surface area (Å²) in [7, 11) is 0. The van der Waals surface area contributed by atoms with Crippen molar-refractivity contribution in [1.29, 1.82) is 5.26 Å². The maximum Gasteiger partial charge on any atom is 0.261 e. The number of nitriles is 1. The van der Waals surface area contributed by atoms with E-state index >= 15 is 0 Å². The third-order valence-electron chi connectivity index (χ3n) is 7.36. The summed E-state index contributed by atoms with van der Waals surface area (Å²) >= 11 is 6.89. The van der Waals surface area contributed by atoms with Crippen LogP contribution in [-0.2, 0) is 4.79 Å². The van der Waals surface area contributed by atoms with E-state index in [0.717, 1.165) is 0 Å². The number of pyridine rings is 1. The number of fused-ring (bicyclic) bond motifs is 2. The first-order valence-electron chi connectivity index (χ1n) is 12.2. The lowest BCUT2D eigenvalue weighted by Gasteiger charge is -2.40. The quantitative estimate of drug-likeness (QED) is 0.618. The Balaban J connectivity index is 1.69. The largest absolute Gasteiger partial charge is 0.489 e. The van der Waals surface area contributed by atoms with Crippen molar-refractivity contribution in [3.8, 4) is 23.1 Å². The number of benzene rings is 1. The molecule has 2 atom stereocenters. The maximum absolute atomic E-state index is 14.1. The van der Waals surface area contributed by atoms with E-state index in [-0.39, 0.29) is 47.3 Å². The van der Waals surface area contributed by atoms with Crippen LogP contribution in [0.4, 0.5) is 5.82 Å². The van der Waals surface area contributed by atoms with E-state index in [1.54, 1.807) is 34.1 Å². The van der Waals surface area contributed by atoms with Crippen LogP contribution in [0.15, 0.2) is 36.9 Å². The monoisotopic (exact) mass is 521 g/mol. The van der Waals surface area contributed by atoms with Crippen LogP contribution >= 0.6 is 11.6 Å². The third-order valence-corrected chi connectivity index (χ3v) is 7.71. The Morgan fingerprint density at radius 1 is 1.32 bits per heavy atom. The fraction of sp³-hybridized carbons (Fsp3) is 0.407. The highest BCUT2D eigenvalue weighted by Crippen LogP contribution is 2.46. The molecule has 1 N–H and O–H groups in total. The van der Waals surface area contributed by atoms with Gasteiger partial charge in [0.25, 0.3) is 5.91 Å². The predicted molar refractivity (Wildman–Crippen MR) is 139 cm³/mol. The highest BCUT2D eigenvalue weighted by Gasteiger charge is 2.45. The lowest BCUT2D eigenvalue weighted by Crippen LogP contribution is -2.57. The van der Waals surface area contributed by atoms with Crippen molar-refractivity contribution in [3.05, 3.63) is 53.1 Å². The van der Waals surface area contributed by atoms with E-state index in [0.29, 0.717) is 48.7 Å². The first-order chi connectivity index (χ1) is 17.7. The fourth-order valence-corrected chi connectivity index (χ4v) is 5.81. The molecule has 4 heterocycles. The van der Waals surface area contributed by atoms with E-state index in [1.165, 1.54) is 6.08 Å². The number of piperazine rings is 1. The van der Waals surface area contributed by atoms with Crippen LogP contribution in [0.3, 0.4) is 0 Å². The van der Waals surface area contributed by atoms with E-state index < -0.39 is 11.6 Å². The summed E-state index contributed by atoms with van der Waals surface area (Å²) in [6.45, 7) is 8.97. The molecule has 37 heavy (non-hydrogen) atoms. The number of aliphatic hydroxyl groups is 1. The van der Waals surface area contributed by atoms with Crippen LogP contribution in [0.5, 0.6) is 5.75 Å². The summed E-state index contributed by atoms with van der Waals surface area (Å²) in [6, 6.07) is 8.79. The molecule has 9 nitrogen and oxygen atoms in total. The number of rotatable bonds is 3. The van der Waals surface area contributed by atoms with E-state index in [9.17, 15) is 20.0 Å². The Kier molecular flexibility index (Phi) is 6.34. The average Bonchev–Trinajstić information content (AvgIpc) is 3.08. The number of ether oxygens (including phenoxy) is 1. The van der Waals surface area contributed by atoms with Crippen molar-refractivity contribution in [3.63, 3.8) is 0 Å². The molecule has 0 spiro atoms. The highest BCUT2D eigenvalue weighted by molar-refractivity contribution is 6.35. The number of hydrogen-bond donors (Lipinski definition) is 1. The molecular weight excluding hydrogens is 494 g/mol. The van der Waals surface area contributed by atoms with Gasteiger partial charge in [0.15, 0.2) is 5.75 Å². The number of hydrogen-bond acceptors (Lipinski definition) is 7. The molecule has 0 bridgehead atoms. The van der Waals surface area contributed by atoms with Crippen LogP contribution in [0, 0.1) is 11.3 Å². The Morgan fingerprint density at radius 2 is 2.08 bits per heavy atom. The molecule has 0 radical (unpaired) electrons. The second-order valence-electron chi connectivity index (χ2n) is 10.2. The zero-order chi connectivity index (χ0) is 26.5. The molecule has 2 aromatic rings. The summed E-state index contributed by atoms with van der Waals surface area (Å²) in [5.41, 5.74) is 0.982. The summed E-state index contributed by atoms with van der Waals surface area (Å²) in [4.78, 5) is 36.5. The molecule has 5 rings (SSSR count). The molecule has 2 fully saturated rings. The van der Waals surface area contributed by atoms with Gasteiger partial charge in [-0.1, -0.05) is 36.4 Å². The number of halogens is 1. The van der Waals surface area contributed by atoms with Gasteiger partial charge in [-0.3, -0.25) is 9.59 Å². The number of β-amino-alcohol motifs (C(OH)–C–C–N with tert-alkyl or cyclic N) is 1. The van der Waals surface area contributed by atoms with Crippen LogP contribution in [0.25, 0.3) is 11.3 Å². The fourth-order valence-electron chi connectivity index (χ4n) is 5.52. The van der Waals surface area contributed by atoms with Crippen molar-refractivity contribution in [2.24, 2.45) is 0 Å². The van der Waals surface area contributed by atoms with Gasteiger partial charge in [0.2, 0.25) is 5.91 Å². The van der Waals surface area contributed by atoms with Gasteiger partial charge in [-0.2, -0.15) is 5.26 Å². The Morgan fingerprint density at radius 3 is 2.76 bits per heavy atom. The summed E-state index contributed by atoms with van der Waals surface area (Å²) in [6.07, 6.45) is 1.17. The standard InChI is InChI=1S/C27H28ClN5O4/c1-4-20(35)31-9-10-32-17(13-31)15-37-24-21(26(32)36)25(33-14-18(34)11-27(33,2)3)30-23(22(24)28)19-8-6-5-7-16(19)12-29/h4-8,17-18,34H,1,9-11,13-15H2,2-3H3. The van der Waals surface area contributed by atoms with Crippen molar-refractivity contribution in [2.75, 3.05) is 37.7 Å². The number of aromatic nitrogens is 1. The van der Waals surface area contributed by atoms with Gasteiger partial charge in [0.1, 0.15) is 23.0 Å². The Bertz CT molecular complexity index is 1340. The van der Waals surface area contributed by atoms with Gasteiger partial charge in [-0.05, 0) is 32.4 Å². The number of anilines is 1. The van der Waals surface area contributed by atoms with Crippen LogP contribution in [-0.4, -0.2) is 82.2 Å². The lowest BCUT2D eigenvalue weighted by molar-refractivity contribution is -0.128. The van der Waals surface area contributed by atoms with E-state index in [1.807, 2.05) is 18.7 Å². The first kappa shape index (κ1) is 25.1. The molecular formula is C27H28ClN5O4. The van der Waals surface area contributed by atoms with Gasteiger partial charge < -0.3 is 24.5 Å². The maximum atomic E-state index is 14.1. The molecule has 3 aliphatic rings. The van der Waals surface area contributed by atoms with Crippen molar-refractivity contribution < 1.29 is 19.4 Å². The molecule has 1 aromatic heterocycles. The molecule has 2 saturated heterocycles. The summed E-state index contributed by atoms with van der Waals surface area (Å²) in [5, 5.41) is 20.4. The van der Waals surface area contributed by atoms with Gasteiger partial charge in [0.05, 0.1) is 29.5 Å².